The number of hydrogen-bond donors (Lipinski definition) is 4. The summed E-state index contributed by atoms with van der Waals surface area (Å²) in [5.74, 6) is -0.311. The minimum atomic E-state index is -0.924. The second-order valence-corrected chi connectivity index (χ2v) is 16.7. The van der Waals surface area contributed by atoms with Gasteiger partial charge in [-0.25, -0.2) is 0 Å². The molecule has 1 amide bonds. The average Bonchev–Trinajstić information content (AvgIpc) is 3.15. The molecule has 0 saturated heterocycles. The molecule has 0 aromatic heterocycles. The monoisotopic (exact) mass is 750 g/mol. The van der Waals surface area contributed by atoms with Crippen LogP contribution in [0.25, 0.3) is 0 Å². The fourth-order valence-electron chi connectivity index (χ4n) is 7.64. The smallest absolute Gasteiger partial charge is 0.222 e. The molecule has 3 unspecified atom stereocenters. The minimum absolute atomic E-state index is 0.0188. The van der Waals surface area contributed by atoms with Crippen molar-refractivity contribution in [3.05, 3.63) is 12.2 Å². The van der Waals surface area contributed by atoms with Gasteiger partial charge in [-0.1, -0.05) is 251 Å². The largest absolute Gasteiger partial charge is 0.394 e. The molecule has 0 aliphatic heterocycles. The Balaban J connectivity index is 3.59. The van der Waals surface area contributed by atoms with Crippen LogP contribution in [0.1, 0.15) is 264 Å². The van der Waals surface area contributed by atoms with E-state index in [9.17, 15) is 20.1 Å². The fourth-order valence-corrected chi connectivity index (χ4v) is 7.64. The SMILES string of the molecule is CCCCCCCCCCCCCCCCCCCCCCC/C=C/C(O)C(CO)NC(=O)CC(O)CCCCCCCCCCCCCCCCC. The number of unbranched alkanes of at least 4 members (excludes halogenated alkanes) is 35. The van der Waals surface area contributed by atoms with Crippen LogP contribution in [0.2, 0.25) is 0 Å². The van der Waals surface area contributed by atoms with E-state index in [0.717, 1.165) is 25.7 Å². The van der Waals surface area contributed by atoms with Crippen molar-refractivity contribution in [2.45, 2.75) is 283 Å². The molecule has 0 aliphatic carbocycles. The van der Waals surface area contributed by atoms with Crippen LogP contribution in [0, 0.1) is 0 Å². The summed E-state index contributed by atoms with van der Waals surface area (Å²) in [4.78, 5) is 12.4. The molecule has 5 nitrogen and oxygen atoms in total. The zero-order valence-electron chi connectivity index (χ0n) is 35.9. The molecule has 0 aromatic rings. The summed E-state index contributed by atoms with van der Waals surface area (Å²) in [6.45, 7) is 4.24. The number of hydrogen-bond acceptors (Lipinski definition) is 4. The molecule has 53 heavy (non-hydrogen) atoms. The van der Waals surface area contributed by atoms with Gasteiger partial charge in [0.05, 0.1) is 31.3 Å². The van der Waals surface area contributed by atoms with Gasteiger partial charge in [0.15, 0.2) is 0 Å². The highest BCUT2D eigenvalue weighted by atomic mass is 16.3. The number of carbonyl (C=O) groups is 1. The Hall–Kier alpha value is -0.910. The van der Waals surface area contributed by atoms with E-state index in [4.69, 9.17) is 0 Å². The molecule has 316 valence electrons. The Morgan fingerprint density at radius 3 is 1.09 bits per heavy atom. The normalized spacial score (nSPS) is 13.5. The maximum Gasteiger partial charge on any atom is 0.222 e. The van der Waals surface area contributed by atoms with Crippen molar-refractivity contribution in [1.82, 2.24) is 5.32 Å². The van der Waals surface area contributed by atoms with Crippen molar-refractivity contribution in [2.75, 3.05) is 6.61 Å². The van der Waals surface area contributed by atoms with Gasteiger partial charge < -0.3 is 20.6 Å². The Labute approximate surface area is 331 Å². The van der Waals surface area contributed by atoms with Crippen molar-refractivity contribution in [2.24, 2.45) is 0 Å². The van der Waals surface area contributed by atoms with Crippen LogP contribution in [-0.2, 0) is 4.79 Å². The summed E-state index contributed by atoms with van der Waals surface area (Å²) in [7, 11) is 0. The van der Waals surface area contributed by atoms with E-state index in [2.05, 4.69) is 19.2 Å². The molecule has 0 saturated carbocycles. The maximum atomic E-state index is 12.4. The minimum Gasteiger partial charge on any atom is -0.394 e. The molecule has 0 radical (unpaired) electrons. The number of rotatable bonds is 44. The highest BCUT2D eigenvalue weighted by molar-refractivity contribution is 5.76. The van der Waals surface area contributed by atoms with E-state index < -0.39 is 18.2 Å². The van der Waals surface area contributed by atoms with Crippen molar-refractivity contribution in [3.8, 4) is 0 Å². The molecule has 0 fully saturated rings. The van der Waals surface area contributed by atoms with Crippen LogP contribution in [0.4, 0.5) is 0 Å². The molecule has 3 atom stereocenters. The first-order valence-electron chi connectivity index (χ1n) is 24.0. The molecular formula is C48H95NO4. The first-order valence-corrected chi connectivity index (χ1v) is 24.0. The lowest BCUT2D eigenvalue weighted by molar-refractivity contribution is -0.124. The summed E-state index contributed by atoms with van der Waals surface area (Å²) in [6, 6.07) is -0.739. The standard InChI is InChI=1S/C48H95NO4/c1-3-5-7-9-11-13-15-17-19-20-21-22-23-24-25-26-28-30-32-34-36-38-40-42-47(52)46(44-50)49-48(53)43-45(51)41-39-37-35-33-31-29-27-18-16-14-12-10-8-6-4-2/h40,42,45-47,50-52H,3-39,41,43-44H2,1-2H3,(H,49,53)/b42-40+. The molecule has 0 aromatic carbocycles. The predicted molar refractivity (Wildman–Crippen MR) is 232 cm³/mol. The van der Waals surface area contributed by atoms with Crippen molar-refractivity contribution < 1.29 is 20.1 Å². The third-order valence-electron chi connectivity index (χ3n) is 11.3. The molecule has 0 aliphatic rings. The summed E-state index contributed by atoms with van der Waals surface area (Å²) in [6.07, 6.45) is 52.2. The Morgan fingerprint density at radius 1 is 0.472 bits per heavy atom. The van der Waals surface area contributed by atoms with Crippen LogP contribution >= 0.6 is 0 Å². The first kappa shape index (κ1) is 52.1. The van der Waals surface area contributed by atoms with Crippen LogP contribution in [0.3, 0.4) is 0 Å². The Bertz CT molecular complexity index is 743. The van der Waals surface area contributed by atoms with Crippen LogP contribution < -0.4 is 5.32 Å². The molecule has 5 heteroatoms. The topological polar surface area (TPSA) is 89.8 Å². The van der Waals surface area contributed by atoms with Gasteiger partial charge >= 0.3 is 0 Å². The summed E-state index contributed by atoms with van der Waals surface area (Å²) in [5.41, 5.74) is 0. The van der Waals surface area contributed by atoms with E-state index in [1.807, 2.05) is 6.08 Å². The Morgan fingerprint density at radius 2 is 0.774 bits per heavy atom. The second kappa shape index (κ2) is 43.8. The highest BCUT2D eigenvalue weighted by Gasteiger charge is 2.20. The lowest BCUT2D eigenvalue weighted by atomic mass is 10.0. The zero-order chi connectivity index (χ0) is 38.7. The fraction of sp³-hybridized carbons (Fsp3) is 0.938. The van der Waals surface area contributed by atoms with Crippen molar-refractivity contribution in [1.29, 1.82) is 0 Å². The third-order valence-corrected chi connectivity index (χ3v) is 11.3. The molecule has 0 bridgehead atoms. The van der Waals surface area contributed by atoms with Gasteiger partial charge in [0.25, 0.3) is 0 Å². The van der Waals surface area contributed by atoms with Crippen molar-refractivity contribution >= 4 is 5.91 Å². The maximum absolute atomic E-state index is 12.4. The number of allylic oxidation sites excluding steroid dienone is 1. The number of carbonyl (C=O) groups excluding carboxylic acids is 1. The highest BCUT2D eigenvalue weighted by Crippen LogP contribution is 2.17. The van der Waals surface area contributed by atoms with Gasteiger partial charge in [-0.3, -0.25) is 4.79 Å². The quantitative estimate of drug-likeness (QED) is 0.0369. The lowest BCUT2D eigenvalue weighted by Gasteiger charge is -2.21. The van der Waals surface area contributed by atoms with E-state index >= 15 is 0 Å². The average molecular weight is 750 g/mol. The predicted octanol–water partition coefficient (Wildman–Crippen LogP) is 14.0. The van der Waals surface area contributed by atoms with E-state index in [1.54, 1.807) is 6.08 Å². The van der Waals surface area contributed by atoms with Crippen LogP contribution in [0.15, 0.2) is 12.2 Å². The van der Waals surface area contributed by atoms with E-state index in [-0.39, 0.29) is 18.9 Å². The number of aliphatic hydroxyl groups excluding tert-OH is 3. The van der Waals surface area contributed by atoms with Gasteiger partial charge in [0.2, 0.25) is 5.91 Å². The zero-order valence-corrected chi connectivity index (χ0v) is 35.9. The summed E-state index contributed by atoms with van der Waals surface area (Å²) < 4.78 is 0. The van der Waals surface area contributed by atoms with Crippen LogP contribution in [0.5, 0.6) is 0 Å². The van der Waals surface area contributed by atoms with E-state index in [1.165, 1.54) is 212 Å². The summed E-state index contributed by atoms with van der Waals surface area (Å²) >= 11 is 0. The summed E-state index contributed by atoms with van der Waals surface area (Å²) in [5, 5.41) is 33.3. The second-order valence-electron chi connectivity index (χ2n) is 16.7. The van der Waals surface area contributed by atoms with E-state index in [0.29, 0.717) is 6.42 Å². The number of amides is 1. The van der Waals surface area contributed by atoms with Gasteiger partial charge in [-0.2, -0.15) is 0 Å². The van der Waals surface area contributed by atoms with Crippen molar-refractivity contribution in [3.63, 3.8) is 0 Å². The van der Waals surface area contributed by atoms with Gasteiger partial charge in [0.1, 0.15) is 0 Å². The van der Waals surface area contributed by atoms with Gasteiger partial charge in [-0.15, -0.1) is 0 Å². The lowest BCUT2D eigenvalue weighted by Crippen LogP contribution is -2.45. The van der Waals surface area contributed by atoms with Gasteiger partial charge in [-0.05, 0) is 19.3 Å². The first-order chi connectivity index (χ1) is 26.0. The van der Waals surface area contributed by atoms with Crippen LogP contribution in [-0.4, -0.2) is 46.1 Å². The third kappa shape index (κ3) is 40.6. The molecule has 0 heterocycles. The number of aliphatic hydroxyl groups is 3. The Kier molecular flexibility index (Phi) is 43.1. The molecule has 4 N–H and O–H groups in total. The molecular weight excluding hydrogens is 655 g/mol. The van der Waals surface area contributed by atoms with Gasteiger partial charge in [0, 0.05) is 0 Å². The number of nitrogens with one attached hydrogen (secondary N) is 1. The molecule has 0 rings (SSSR count). The molecule has 0 spiro atoms.